The van der Waals surface area contributed by atoms with Gasteiger partial charge in [0.15, 0.2) is 0 Å². The fourth-order valence-corrected chi connectivity index (χ4v) is 3.52. The molecule has 1 aromatic carbocycles. The second kappa shape index (κ2) is 6.79. The van der Waals surface area contributed by atoms with Gasteiger partial charge in [0.2, 0.25) is 0 Å². The van der Waals surface area contributed by atoms with E-state index >= 15 is 0 Å². The maximum absolute atomic E-state index is 12.3. The van der Waals surface area contributed by atoms with Crippen LogP contribution in [0.5, 0.6) is 0 Å². The molecule has 0 N–H and O–H groups in total. The minimum absolute atomic E-state index is 0.117. The maximum atomic E-state index is 12.3. The van der Waals surface area contributed by atoms with Crippen molar-refractivity contribution in [3.63, 3.8) is 0 Å². The van der Waals surface area contributed by atoms with Crippen molar-refractivity contribution < 1.29 is 9.53 Å². The van der Waals surface area contributed by atoms with Gasteiger partial charge in [-0.15, -0.1) is 0 Å². The van der Waals surface area contributed by atoms with Crippen LogP contribution in [0.2, 0.25) is 0 Å². The Kier molecular flexibility index (Phi) is 4.35. The van der Waals surface area contributed by atoms with E-state index in [-0.39, 0.29) is 12.0 Å². The summed E-state index contributed by atoms with van der Waals surface area (Å²) in [6.07, 6.45) is 5.22. The number of aromatic nitrogens is 4. The van der Waals surface area contributed by atoms with Crippen LogP contribution in [0, 0.1) is 0 Å². The Bertz CT molecular complexity index is 913. The van der Waals surface area contributed by atoms with E-state index in [1.165, 1.54) is 6.33 Å². The zero-order chi connectivity index (χ0) is 17.2. The summed E-state index contributed by atoms with van der Waals surface area (Å²) in [4.78, 5) is 22.8. The number of nitrogens with zero attached hydrogens (tertiary/aromatic N) is 5. The summed E-state index contributed by atoms with van der Waals surface area (Å²) in [5, 5.41) is 4.24. The lowest BCUT2D eigenvalue weighted by atomic mass is 10.2. The van der Waals surface area contributed by atoms with Gasteiger partial charge in [-0.05, 0) is 37.1 Å². The van der Waals surface area contributed by atoms with Gasteiger partial charge in [-0.3, -0.25) is 0 Å². The number of halogens is 1. The summed E-state index contributed by atoms with van der Waals surface area (Å²) in [5.41, 5.74) is 0.543. The smallest absolute Gasteiger partial charge is 0.338 e. The Morgan fingerprint density at radius 3 is 3.12 bits per heavy atom. The third-order valence-electron chi connectivity index (χ3n) is 4.30. The molecule has 1 aliphatic heterocycles. The molecule has 0 radical (unpaired) electrons. The molecule has 8 heteroatoms. The van der Waals surface area contributed by atoms with Crippen LogP contribution >= 0.6 is 15.9 Å². The first-order valence-corrected chi connectivity index (χ1v) is 8.86. The molecule has 0 unspecified atom stereocenters. The lowest BCUT2D eigenvalue weighted by molar-refractivity contribution is 0.0482. The van der Waals surface area contributed by atoms with Crippen LogP contribution in [0.1, 0.15) is 23.2 Å². The van der Waals surface area contributed by atoms with Crippen LogP contribution in [-0.4, -0.2) is 44.7 Å². The predicted molar refractivity (Wildman–Crippen MR) is 95.6 cm³/mol. The highest BCUT2D eigenvalue weighted by Crippen LogP contribution is 2.25. The third-order valence-corrected chi connectivity index (χ3v) is 4.79. The lowest BCUT2D eigenvalue weighted by Crippen LogP contribution is -2.35. The molecule has 3 aromatic rings. The standard InChI is InChI=1S/C17H16BrN5O2/c18-13-4-1-3-12(9-13)16(24)25-10-14-5-2-8-22(14)15-6-7-19-17-20-11-21-23(15)17/h1,3-4,6-7,9,11,14H,2,5,8,10H2/t14-/m1/s1. The first kappa shape index (κ1) is 16.0. The Morgan fingerprint density at radius 2 is 2.24 bits per heavy atom. The number of fused-ring (bicyclic) bond motifs is 1. The average molecular weight is 402 g/mol. The highest BCUT2D eigenvalue weighted by atomic mass is 79.9. The second-order valence-electron chi connectivity index (χ2n) is 5.87. The quantitative estimate of drug-likeness (QED) is 0.625. The van der Waals surface area contributed by atoms with Gasteiger partial charge in [0, 0.05) is 17.2 Å². The number of esters is 1. The van der Waals surface area contributed by atoms with Crippen LogP contribution in [0.3, 0.4) is 0 Å². The van der Waals surface area contributed by atoms with Gasteiger partial charge in [-0.2, -0.15) is 14.6 Å². The molecule has 0 bridgehead atoms. The van der Waals surface area contributed by atoms with Crippen LogP contribution < -0.4 is 4.90 Å². The van der Waals surface area contributed by atoms with Crippen LogP contribution in [0.15, 0.2) is 47.3 Å². The Hall–Kier alpha value is -2.48. The number of anilines is 1. The number of carbonyl (C=O) groups excluding carboxylic acids is 1. The molecule has 3 heterocycles. The SMILES string of the molecule is O=C(OC[C@H]1CCCN1c1ccnc2ncnn12)c1cccc(Br)c1. The van der Waals surface area contributed by atoms with Crippen molar-refractivity contribution in [2.75, 3.05) is 18.1 Å². The van der Waals surface area contributed by atoms with E-state index in [4.69, 9.17) is 4.74 Å². The van der Waals surface area contributed by atoms with E-state index in [1.807, 2.05) is 18.2 Å². The van der Waals surface area contributed by atoms with E-state index in [9.17, 15) is 4.79 Å². The average Bonchev–Trinajstić information content (AvgIpc) is 3.28. The van der Waals surface area contributed by atoms with Gasteiger partial charge in [-0.1, -0.05) is 22.0 Å². The molecule has 0 saturated carbocycles. The van der Waals surface area contributed by atoms with Crippen molar-refractivity contribution in [1.82, 2.24) is 19.6 Å². The minimum Gasteiger partial charge on any atom is -0.460 e. The topological polar surface area (TPSA) is 72.6 Å². The summed E-state index contributed by atoms with van der Waals surface area (Å²) < 4.78 is 8.12. The van der Waals surface area contributed by atoms with E-state index in [0.717, 1.165) is 29.7 Å². The highest BCUT2D eigenvalue weighted by Gasteiger charge is 2.28. The molecule has 0 aliphatic carbocycles. The first-order valence-electron chi connectivity index (χ1n) is 8.06. The monoisotopic (exact) mass is 401 g/mol. The molecule has 0 spiro atoms. The normalized spacial score (nSPS) is 17.2. The van der Waals surface area contributed by atoms with Crippen LogP contribution in [-0.2, 0) is 4.74 Å². The van der Waals surface area contributed by atoms with Crippen molar-refractivity contribution in [3.05, 3.63) is 52.9 Å². The zero-order valence-electron chi connectivity index (χ0n) is 13.4. The fraction of sp³-hybridized carbons (Fsp3) is 0.294. The Labute approximate surface area is 152 Å². The molecule has 2 aromatic heterocycles. The third kappa shape index (κ3) is 3.21. The molecule has 1 saturated heterocycles. The van der Waals surface area contributed by atoms with E-state index in [2.05, 4.69) is 35.9 Å². The van der Waals surface area contributed by atoms with Crippen molar-refractivity contribution in [3.8, 4) is 0 Å². The maximum Gasteiger partial charge on any atom is 0.338 e. The first-order chi connectivity index (χ1) is 12.2. The summed E-state index contributed by atoms with van der Waals surface area (Å²) in [6.45, 7) is 1.22. The molecular weight excluding hydrogens is 386 g/mol. The number of hydrogen-bond acceptors (Lipinski definition) is 6. The molecule has 4 rings (SSSR count). The van der Waals surface area contributed by atoms with Crippen molar-refractivity contribution in [2.24, 2.45) is 0 Å². The van der Waals surface area contributed by atoms with Crippen molar-refractivity contribution in [1.29, 1.82) is 0 Å². The number of rotatable bonds is 4. The summed E-state index contributed by atoms with van der Waals surface area (Å²) in [5.74, 6) is 1.17. The number of ether oxygens (including phenoxy) is 1. The second-order valence-corrected chi connectivity index (χ2v) is 6.79. The van der Waals surface area contributed by atoms with Crippen LogP contribution in [0.25, 0.3) is 5.78 Å². The van der Waals surface area contributed by atoms with Gasteiger partial charge < -0.3 is 9.64 Å². The van der Waals surface area contributed by atoms with Crippen molar-refractivity contribution in [2.45, 2.75) is 18.9 Å². The van der Waals surface area contributed by atoms with Gasteiger partial charge in [-0.25, -0.2) is 9.78 Å². The fourth-order valence-electron chi connectivity index (χ4n) is 3.12. The Balaban J connectivity index is 1.49. The molecule has 0 amide bonds. The molecule has 1 fully saturated rings. The summed E-state index contributed by atoms with van der Waals surface area (Å²) >= 11 is 3.37. The van der Waals surface area contributed by atoms with Gasteiger partial charge >= 0.3 is 5.97 Å². The highest BCUT2D eigenvalue weighted by molar-refractivity contribution is 9.10. The number of carbonyl (C=O) groups is 1. The lowest BCUT2D eigenvalue weighted by Gasteiger charge is -2.26. The zero-order valence-corrected chi connectivity index (χ0v) is 15.0. The molecule has 128 valence electrons. The number of benzene rings is 1. The molecular formula is C17H16BrN5O2. The molecule has 1 aliphatic rings. The molecule has 1 atom stereocenters. The van der Waals surface area contributed by atoms with Gasteiger partial charge in [0.1, 0.15) is 18.8 Å². The molecule has 7 nitrogen and oxygen atoms in total. The van der Waals surface area contributed by atoms with E-state index < -0.39 is 0 Å². The largest absolute Gasteiger partial charge is 0.460 e. The predicted octanol–water partition coefficient (Wildman–Crippen LogP) is 2.71. The van der Waals surface area contributed by atoms with E-state index in [0.29, 0.717) is 17.9 Å². The minimum atomic E-state index is -0.311. The van der Waals surface area contributed by atoms with E-state index in [1.54, 1.807) is 22.8 Å². The van der Waals surface area contributed by atoms with Crippen LogP contribution in [0.4, 0.5) is 5.82 Å². The van der Waals surface area contributed by atoms with Crippen molar-refractivity contribution >= 4 is 33.5 Å². The van der Waals surface area contributed by atoms with Gasteiger partial charge in [0.25, 0.3) is 5.78 Å². The van der Waals surface area contributed by atoms with Gasteiger partial charge in [0.05, 0.1) is 11.6 Å². The summed E-state index contributed by atoms with van der Waals surface area (Å²) in [7, 11) is 0. The number of hydrogen-bond donors (Lipinski definition) is 0. The molecule has 25 heavy (non-hydrogen) atoms. The Morgan fingerprint density at radius 1 is 1.32 bits per heavy atom. The summed E-state index contributed by atoms with van der Waals surface area (Å²) in [6, 6.07) is 9.24.